The second-order valence-corrected chi connectivity index (χ2v) is 7.65. The van der Waals surface area contributed by atoms with Gasteiger partial charge in [0.05, 0.1) is 26.8 Å². The highest BCUT2D eigenvalue weighted by Crippen LogP contribution is 2.34. The molecule has 13 heteroatoms. The first-order valence-electron chi connectivity index (χ1n) is 9.43. The van der Waals surface area contributed by atoms with E-state index in [0.717, 1.165) is 0 Å². The zero-order chi connectivity index (χ0) is 24.3. The molecule has 3 rings (SSSR count). The predicted octanol–water partition coefficient (Wildman–Crippen LogP) is 3.43. The van der Waals surface area contributed by atoms with E-state index in [4.69, 9.17) is 28.3 Å². The topological polar surface area (TPSA) is 116 Å². The summed E-state index contributed by atoms with van der Waals surface area (Å²) in [4.78, 5) is 28.5. The fourth-order valence-corrected chi connectivity index (χ4v) is 3.66. The molecule has 33 heavy (non-hydrogen) atoms. The number of hydrogen-bond donors (Lipinski definition) is 4. The first kappa shape index (κ1) is 24.8. The third kappa shape index (κ3) is 5.56. The summed E-state index contributed by atoms with van der Waals surface area (Å²) in [5, 5.41) is 23.0. The second kappa shape index (κ2) is 9.96. The monoisotopic (exact) mass is 504 g/mol. The minimum Gasteiger partial charge on any atom is -0.396 e. The maximum atomic E-state index is 13.7. The summed E-state index contributed by atoms with van der Waals surface area (Å²) < 4.78 is 41.6. The van der Waals surface area contributed by atoms with Crippen LogP contribution >= 0.6 is 23.2 Å². The van der Waals surface area contributed by atoms with Gasteiger partial charge >= 0.3 is 6.18 Å². The molecule has 3 aromatic rings. The minimum absolute atomic E-state index is 0.0480. The molecule has 0 aliphatic carbocycles. The number of para-hydroxylation sites is 1. The lowest BCUT2D eigenvalue weighted by molar-refractivity contribution is -0.147. The second-order valence-electron chi connectivity index (χ2n) is 6.84. The van der Waals surface area contributed by atoms with Gasteiger partial charge in [-0.15, -0.1) is 0 Å². The van der Waals surface area contributed by atoms with Gasteiger partial charge in [0.15, 0.2) is 0 Å². The average Bonchev–Trinajstić information content (AvgIpc) is 3.08. The number of aliphatic hydroxyl groups is 2. The van der Waals surface area contributed by atoms with Crippen molar-refractivity contribution in [3.05, 3.63) is 57.8 Å². The standard InChI is InChI=1S/C20H17Cl2F3N4O4/c21-10-3-1-4-11(22)16(10)18(33)26-12-5-2-6-13-17(12)28-19(20(23,24)25)29(13)9-15(32)27-14(31)7-8-30/h1-6,14,30-31H,7-9H2,(H,26,33)(H,27,32). The van der Waals surface area contributed by atoms with Crippen molar-refractivity contribution in [2.24, 2.45) is 0 Å². The van der Waals surface area contributed by atoms with Gasteiger partial charge in [-0.3, -0.25) is 9.59 Å². The van der Waals surface area contributed by atoms with E-state index < -0.39 is 43.2 Å². The molecule has 0 fully saturated rings. The zero-order valence-corrected chi connectivity index (χ0v) is 18.2. The third-order valence-electron chi connectivity index (χ3n) is 4.50. The summed E-state index contributed by atoms with van der Waals surface area (Å²) in [5.74, 6) is -3.06. The number of nitrogens with one attached hydrogen (secondary N) is 2. The van der Waals surface area contributed by atoms with Crippen molar-refractivity contribution < 1.29 is 33.0 Å². The van der Waals surface area contributed by atoms with Crippen molar-refractivity contribution in [3.63, 3.8) is 0 Å². The smallest absolute Gasteiger partial charge is 0.396 e. The molecule has 176 valence electrons. The molecule has 2 amide bonds. The maximum absolute atomic E-state index is 13.7. The maximum Gasteiger partial charge on any atom is 0.449 e. The number of alkyl halides is 3. The Bertz CT molecular complexity index is 1180. The highest BCUT2D eigenvalue weighted by atomic mass is 35.5. The van der Waals surface area contributed by atoms with E-state index in [1.807, 2.05) is 0 Å². The first-order valence-corrected chi connectivity index (χ1v) is 10.2. The Morgan fingerprint density at radius 3 is 2.36 bits per heavy atom. The lowest BCUT2D eigenvalue weighted by Gasteiger charge is -2.14. The number of hydrogen-bond acceptors (Lipinski definition) is 5. The van der Waals surface area contributed by atoms with Crippen LogP contribution in [-0.4, -0.2) is 44.4 Å². The minimum atomic E-state index is -4.92. The molecule has 0 bridgehead atoms. The fourth-order valence-electron chi connectivity index (χ4n) is 3.09. The number of aromatic nitrogens is 2. The molecular formula is C20H17Cl2F3N4O4. The van der Waals surface area contributed by atoms with E-state index in [0.29, 0.717) is 4.57 Å². The SMILES string of the molecule is O=C(Cn1c(C(F)(F)F)nc2c(NC(=O)c3c(Cl)cccc3Cl)cccc21)NC(O)CCO. The largest absolute Gasteiger partial charge is 0.449 e. The number of rotatable bonds is 7. The van der Waals surface area contributed by atoms with E-state index in [-0.39, 0.29) is 38.8 Å². The Hall–Kier alpha value is -2.86. The van der Waals surface area contributed by atoms with E-state index in [2.05, 4.69) is 15.6 Å². The first-order chi connectivity index (χ1) is 15.5. The van der Waals surface area contributed by atoms with E-state index in [9.17, 15) is 27.9 Å². The lowest BCUT2D eigenvalue weighted by atomic mass is 10.2. The summed E-state index contributed by atoms with van der Waals surface area (Å²) in [5.41, 5.74) is -0.425. The quantitative estimate of drug-likeness (QED) is 0.368. The molecule has 2 aromatic carbocycles. The predicted molar refractivity (Wildman–Crippen MR) is 115 cm³/mol. The summed E-state index contributed by atoms with van der Waals surface area (Å²) in [7, 11) is 0. The van der Waals surface area contributed by atoms with Gasteiger partial charge in [0.2, 0.25) is 11.7 Å². The molecular weight excluding hydrogens is 488 g/mol. The van der Waals surface area contributed by atoms with Crippen molar-refractivity contribution >= 4 is 51.7 Å². The van der Waals surface area contributed by atoms with Crippen LogP contribution in [0.3, 0.4) is 0 Å². The van der Waals surface area contributed by atoms with Gasteiger partial charge in [-0.25, -0.2) is 4.98 Å². The summed E-state index contributed by atoms with van der Waals surface area (Å²) >= 11 is 12.0. The van der Waals surface area contributed by atoms with E-state index in [1.165, 1.54) is 36.4 Å². The summed E-state index contributed by atoms with van der Waals surface area (Å²) in [6.07, 6.45) is -6.54. The molecule has 0 saturated carbocycles. The Morgan fingerprint density at radius 2 is 1.76 bits per heavy atom. The van der Waals surface area contributed by atoms with Crippen molar-refractivity contribution in [1.82, 2.24) is 14.9 Å². The number of amides is 2. The van der Waals surface area contributed by atoms with Gasteiger partial charge in [-0.1, -0.05) is 35.3 Å². The van der Waals surface area contributed by atoms with Crippen LogP contribution < -0.4 is 10.6 Å². The molecule has 8 nitrogen and oxygen atoms in total. The van der Waals surface area contributed by atoms with Crippen molar-refractivity contribution in [2.45, 2.75) is 25.4 Å². The molecule has 0 spiro atoms. The highest BCUT2D eigenvalue weighted by molar-refractivity contribution is 6.40. The van der Waals surface area contributed by atoms with Gasteiger partial charge in [-0.05, 0) is 24.3 Å². The van der Waals surface area contributed by atoms with Gasteiger partial charge in [0, 0.05) is 13.0 Å². The van der Waals surface area contributed by atoms with Crippen LogP contribution in [0.1, 0.15) is 22.6 Å². The number of carbonyl (C=O) groups excluding carboxylic acids is 2. The number of nitrogens with zero attached hydrogens (tertiary/aromatic N) is 2. The van der Waals surface area contributed by atoms with Crippen molar-refractivity contribution in [1.29, 1.82) is 0 Å². The van der Waals surface area contributed by atoms with Crippen LogP contribution in [0.5, 0.6) is 0 Å². The third-order valence-corrected chi connectivity index (χ3v) is 5.13. The Balaban J connectivity index is 2.01. The molecule has 0 saturated heterocycles. The molecule has 0 aliphatic rings. The molecule has 0 aliphatic heterocycles. The van der Waals surface area contributed by atoms with Crippen LogP contribution in [0, 0.1) is 0 Å². The molecule has 1 heterocycles. The number of carbonyl (C=O) groups is 2. The average molecular weight is 505 g/mol. The van der Waals surface area contributed by atoms with Crippen molar-refractivity contribution in [2.75, 3.05) is 11.9 Å². The highest BCUT2D eigenvalue weighted by Gasteiger charge is 2.38. The Kier molecular flexibility index (Phi) is 7.48. The number of fused-ring (bicyclic) bond motifs is 1. The van der Waals surface area contributed by atoms with Crippen LogP contribution in [0.2, 0.25) is 10.0 Å². The zero-order valence-electron chi connectivity index (χ0n) is 16.7. The number of imidazole rings is 1. The summed E-state index contributed by atoms with van der Waals surface area (Å²) in [6.45, 7) is -1.25. The van der Waals surface area contributed by atoms with Crippen LogP contribution in [0.25, 0.3) is 11.0 Å². The normalized spacial score (nSPS) is 12.6. The lowest BCUT2D eigenvalue weighted by Crippen LogP contribution is -2.38. The fraction of sp³-hybridized carbons (Fsp3) is 0.250. The number of aliphatic hydroxyl groups excluding tert-OH is 2. The number of halogens is 5. The summed E-state index contributed by atoms with van der Waals surface area (Å²) in [6, 6.07) is 8.41. The molecule has 1 unspecified atom stereocenters. The van der Waals surface area contributed by atoms with Crippen LogP contribution in [0.4, 0.5) is 18.9 Å². The van der Waals surface area contributed by atoms with E-state index in [1.54, 1.807) is 0 Å². The van der Waals surface area contributed by atoms with Crippen LogP contribution in [-0.2, 0) is 17.5 Å². The Morgan fingerprint density at radius 1 is 1.12 bits per heavy atom. The molecule has 1 atom stereocenters. The molecule has 1 aromatic heterocycles. The number of anilines is 1. The number of benzene rings is 2. The molecule has 0 radical (unpaired) electrons. The molecule has 4 N–H and O–H groups in total. The van der Waals surface area contributed by atoms with Gasteiger partial charge in [0.1, 0.15) is 18.3 Å². The van der Waals surface area contributed by atoms with Crippen molar-refractivity contribution in [3.8, 4) is 0 Å². The van der Waals surface area contributed by atoms with Gasteiger partial charge in [0.25, 0.3) is 5.91 Å². The van der Waals surface area contributed by atoms with Gasteiger partial charge < -0.3 is 25.4 Å². The Labute approximate surface area is 194 Å². The van der Waals surface area contributed by atoms with Crippen LogP contribution in [0.15, 0.2) is 36.4 Å². The van der Waals surface area contributed by atoms with Gasteiger partial charge in [-0.2, -0.15) is 13.2 Å². The van der Waals surface area contributed by atoms with E-state index >= 15 is 0 Å².